The van der Waals surface area contributed by atoms with Crippen LogP contribution < -0.4 is 10.3 Å². The molecule has 0 aliphatic carbocycles. The molecule has 1 aromatic carbocycles. The van der Waals surface area contributed by atoms with Crippen molar-refractivity contribution >= 4 is 23.4 Å². The van der Waals surface area contributed by atoms with E-state index < -0.39 is 4.92 Å². The maximum Gasteiger partial charge on any atom is 0.287 e. The molecular weight excluding hydrogens is 294 g/mol. The molecule has 0 spiro atoms. The highest BCUT2D eigenvalue weighted by Crippen LogP contribution is 2.20. The van der Waals surface area contributed by atoms with Crippen molar-refractivity contribution in [2.24, 2.45) is 5.10 Å². The average Bonchev–Trinajstić information content (AvgIpc) is 3.10. The zero-order valence-corrected chi connectivity index (χ0v) is 12.6. The average molecular weight is 311 g/mol. The van der Waals surface area contributed by atoms with Crippen LogP contribution in [-0.4, -0.2) is 29.2 Å². The highest BCUT2D eigenvalue weighted by Gasteiger charge is 2.11. The molecule has 1 aromatic heterocycles. The lowest BCUT2D eigenvalue weighted by Gasteiger charge is -2.17. The van der Waals surface area contributed by atoms with Gasteiger partial charge >= 0.3 is 0 Å². The fraction of sp³-hybridized carbons (Fsp3) is 0.250. The van der Waals surface area contributed by atoms with Gasteiger partial charge in [0.05, 0.1) is 11.1 Å². The van der Waals surface area contributed by atoms with Crippen molar-refractivity contribution in [3.63, 3.8) is 0 Å². The second kappa shape index (κ2) is 6.87. The number of hydrazone groups is 1. The predicted octanol–water partition coefficient (Wildman–Crippen LogP) is 3.04. The Morgan fingerprint density at radius 2 is 1.91 bits per heavy atom. The number of rotatable bonds is 5. The van der Waals surface area contributed by atoms with E-state index in [9.17, 15) is 10.1 Å². The lowest BCUT2D eigenvalue weighted by atomic mass is 10.2. The fourth-order valence-electron chi connectivity index (χ4n) is 2.48. The van der Waals surface area contributed by atoms with Crippen molar-refractivity contribution in [1.82, 2.24) is 4.98 Å². The van der Waals surface area contributed by atoms with Gasteiger partial charge in [0, 0.05) is 24.8 Å². The summed E-state index contributed by atoms with van der Waals surface area (Å²) in [5.41, 5.74) is 4.92. The lowest BCUT2D eigenvalue weighted by Crippen LogP contribution is -2.17. The minimum Gasteiger partial charge on any atom is -0.372 e. The molecule has 1 aliphatic rings. The second-order valence-corrected chi connectivity index (χ2v) is 5.31. The molecule has 2 heterocycles. The summed E-state index contributed by atoms with van der Waals surface area (Å²) in [5, 5.41) is 14.6. The van der Waals surface area contributed by atoms with E-state index in [4.69, 9.17) is 0 Å². The summed E-state index contributed by atoms with van der Waals surface area (Å²) in [7, 11) is 0. The Morgan fingerprint density at radius 3 is 2.52 bits per heavy atom. The number of hydrogen-bond acceptors (Lipinski definition) is 6. The van der Waals surface area contributed by atoms with Crippen molar-refractivity contribution in [2.75, 3.05) is 23.4 Å². The maximum absolute atomic E-state index is 10.5. The lowest BCUT2D eigenvalue weighted by molar-refractivity contribution is -0.385. The summed E-state index contributed by atoms with van der Waals surface area (Å²) in [6.45, 7) is 2.25. The summed E-state index contributed by atoms with van der Waals surface area (Å²) in [4.78, 5) is 16.4. The SMILES string of the molecule is O=[N+]([O-])c1ccc(N/N=C\c2ccc(N3CCCC3)cc2)nc1. The number of benzene rings is 1. The van der Waals surface area contributed by atoms with Gasteiger partial charge in [-0.2, -0.15) is 5.10 Å². The summed E-state index contributed by atoms with van der Waals surface area (Å²) in [6, 6.07) is 11.1. The first kappa shape index (κ1) is 15.0. The highest BCUT2D eigenvalue weighted by molar-refractivity contribution is 5.80. The molecule has 1 aliphatic heterocycles. The highest BCUT2D eigenvalue weighted by atomic mass is 16.6. The van der Waals surface area contributed by atoms with Gasteiger partial charge in [-0.05, 0) is 36.6 Å². The number of nitro groups is 1. The van der Waals surface area contributed by atoms with E-state index in [2.05, 4.69) is 32.5 Å². The van der Waals surface area contributed by atoms with Crippen molar-refractivity contribution < 1.29 is 4.92 Å². The van der Waals surface area contributed by atoms with Gasteiger partial charge in [0.25, 0.3) is 5.69 Å². The first-order valence-electron chi connectivity index (χ1n) is 7.47. The number of pyridine rings is 1. The molecule has 0 unspecified atom stereocenters. The van der Waals surface area contributed by atoms with E-state index in [0.29, 0.717) is 5.82 Å². The Balaban J connectivity index is 1.58. The van der Waals surface area contributed by atoms with Gasteiger partial charge in [0.1, 0.15) is 12.0 Å². The molecule has 0 amide bonds. The van der Waals surface area contributed by atoms with Gasteiger partial charge in [0.15, 0.2) is 0 Å². The number of nitrogens with zero attached hydrogens (tertiary/aromatic N) is 4. The molecule has 0 saturated carbocycles. The van der Waals surface area contributed by atoms with E-state index in [1.807, 2.05) is 12.1 Å². The third-order valence-electron chi connectivity index (χ3n) is 3.72. The van der Waals surface area contributed by atoms with E-state index in [1.165, 1.54) is 36.9 Å². The van der Waals surface area contributed by atoms with E-state index in [-0.39, 0.29) is 5.69 Å². The van der Waals surface area contributed by atoms with E-state index in [1.54, 1.807) is 6.21 Å². The normalized spacial score (nSPS) is 14.3. The molecule has 118 valence electrons. The molecule has 1 N–H and O–H groups in total. The smallest absolute Gasteiger partial charge is 0.287 e. The van der Waals surface area contributed by atoms with Crippen molar-refractivity contribution in [1.29, 1.82) is 0 Å². The first-order valence-corrected chi connectivity index (χ1v) is 7.47. The Morgan fingerprint density at radius 1 is 1.17 bits per heavy atom. The number of aromatic nitrogens is 1. The van der Waals surface area contributed by atoms with Crippen LogP contribution in [0.25, 0.3) is 0 Å². The van der Waals surface area contributed by atoms with Crippen LogP contribution in [0.5, 0.6) is 0 Å². The molecule has 1 fully saturated rings. The third-order valence-corrected chi connectivity index (χ3v) is 3.72. The van der Waals surface area contributed by atoms with Crippen LogP contribution in [-0.2, 0) is 0 Å². The molecular formula is C16H17N5O2. The zero-order chi connectivity index (χ0) is 16.1. The summed E-state index contributed by atoms with van der Waals surface area (Å²) < 4.78 is 0. The summed E-state index contributed by atoms with van der Waals surface area (Å²) in [5.74, 6) is 0.459. The van der Waals surface area contributed by atoms with Crippen LogP contribution in [0.1, 0.15) is 18.4 Å². The van der Waals surface area contributed by atoms with E-state index in [0.717, 1.165) is 18.7 Å². The minimum absolute atomic E-state index is 0.0444. The molecule has 7 heteroatoms. The van der Waals surface area contributed by atoms with Gasteiger partial charge in [-0.3, -0.25) is 15.5 Å². The van der Waals surface area contributed by atoms with Crippen molar-refractivity contribution in [3.8, 4) is 0 Å². The van der Waals surface area contributed by atoms with Crippen LogP contribution in [0.15, 0.2) is 47.7 Å². The third kappa shape index (κ3) is 3.82. The molecule has 0 atom stereocenters. The largest absolute Gasteiger partial charge is 0.372 e. The number of hydrogen-bond donors (Lipinski definition) is 1. The van der Waals surface area contributed by atoms with Crippen LogP contribution in [0.2, 0.25) is 0 Å². The van der Waals surface area contributed by atoms with Gasteiger partial charge in [-0.15, -0.1) is 0 Å². The Labute approximate surface area is 133 Å². The first-order chi connectivity index (χ1) is 11.2. The standard InChI is InChI=1S/C16H17N5O2/c22-21(23)15-7-8-16(17-12-15)19-18-11-13-3-5-14(6-4-13)20-9-1-2-10-20/h3-8,11-12H,1-2,9-10H2,(H,17,19)/b18-11-. The van der Waals surface area contributed by atoms with Crippen LogP contribution in [0.4, 0.5) is 17.2 Å². The molecule has 2 aromatic rings. The molecule has 0 bridgehead atoms. The summed E-state index contributed by atoms with van der Waals surface area (Å²) in [6.07, 6.45) is 5.41. The summed E-state index contributed by atoms with van der Waals surface area (Å²) >= 11 is 0. The molecule has 23 heavy (non-hydrogen) atoms. The van der Waals surface area contributed by atoms with E-state index >= 15 is 0 Å². The van der Waals surface area contributed by atoms with Gasteiger partial charge in [-0.25, -0.2) is 4.98 Å². The molecule has 0 radical (unpaired) electrons. The number of anilines is 2. The Bertz CT molecular complexity index is 691. The Hall–Kier alpha value is -2.96. The maximum atomic E-state index is 10.5. The minimum atomic E-state index is -0.484. The topological polar surface area (TPSA) is 83.7 Å². The monoisotopic (exact) mass is 311 g/mol. The van der Waals surface area contributed by atoms with Gasteiger partial charge < -0.3 is 4.90 Å². The molecule has 7 nitrogen and oxygen atoms in total. The van der Waals surface area contributed by atoms with Crippen molar-refractivity contribution in [3.05, 3.63) is 58.3 Å². The quantitative estimate of drug-likeness (QED) is 0.521. The van der Waals surface area contributed by atoms with Crippen LogP contribution >= 0.6 is 0 Å². The zero-order valence-electron chi connectivity index (χ0n) is 12.6. The molecule has 3 rings (SSSR count). The fourth-order valence-corrected chi connectivity index (χ4v) is 2.48. The molecule has 1 saturated heterocycles. The Kier molecular flexibility index (Phi) is 4.46. The van der Waals surface area contributed by atoms with Gasteiger partial charge in [-0.1, -0.05) is 12.1 Å². The van der Waals surface area contributed by atoms with Crippen molar-refractivity contribution in [2.45, 2.75) is 12.8 Å². The predicted molar refractivity (Wildman–Crippen MR) is 90.0 cm³/mol. The second-order valence-electron chi connectivity index (χ2n) is 5.31. The van der Waals surface area contributed by atoms with Gasteiger partial charge in [0.2, 0.25) is 0 Å². The van der Waals surface area contributed by atoms with Crippen LogP contribution in [0.3, 0.4) is 0 Å². The van der Waals surface area contributed by atoms with Crippen LogP contribution in [0, 0.1) is 10.1 Å². The number of nitrogens with one attached hydrogen (secondary N) is 1.